The van der Waals surface area contributed by atoms with Gasteiger partial charge in [-0.15, -0.1) is 0 Å². The lowest BCUT2D eigenvalue weighted by molar-refractivity contribution is -0.126. The third-order valence-electron chi connectivity index (χ3n) is 2.54. The van der Waals surface area contributed by atoms with Crippen LogP contribution in [-0.4, -0.2) is 11.6 Å². The molecule has 1 saturated carbocycles. The van der Waals surface area contributed by atoms with Gasteiger partial charge >= 0.3 is 0 Å². The van der Waals surface area contributed by atoms with Crippen molar-refractivity contribution in [3.8, 4) is 0 Å². The molecule has 1 fully saturated rings. The Balaban J connectivity index is 2.31. The van der Waals surface area contributed by atoms with Crippen LogP contribution in [0.1, 0.15) is 46.0 Å². The first kappa shape index (κ1) is 10.4. The average molecular weight is 182 g/mol. The first-order valence-corrected chi connectivity index (χ1v) is 5.14. The van der Waals surface area contributed by atoms with E-state index in [0.29, 0.717) is 31.0 Å². The summed E-state index contributed by atoms with van der Waals surface area (Å²) in [5.41, 5.74) is 0. The highest BCUT2D eigenvalue weighted by molar-refractivity contribution is 5.89. The quantitative estimate of drug-likeness (QED) is 0.668. The second-order valence-electron chi connectivity index (χ2n) is 4.40. The van der Waals surface area contributed by atoms with Crippen molar-refractivity contribution >= 4 is 11.6 Å². The molecule has 0 bridgehead atoms. The van der Waals surface area contributed by atoms with Gasteiger partial charge in [0.25, 0.3) is 0 Å². The van der Waals surface area contributed by atoms with E-state index in [0.717, 1.165) is 12.8 Å². The Morgan fingerprint density at radius 2 is 2.23 bits per heavy atom. The summed E-state index contributed by atoms with van der Waals surface area (Å²) in [6.45, 7) is 4.07. The van der Waals surface area contributed by atoms with Crippen molar-refractivity contribution in [1.82, 2.24) is 0 Å². The number of carbonyl (C=O) groups excluding carboxylic acids is 2. The van der Waals surface area contributed by atoms with E-state index in [1.54, 1.807) is 0 Å². The Kier molecular flexibility index (Phi) is 3.64. The van der Waals surface area contributed by atoms with Gasteiger partial charge in [-0.2, -0.15) is 0 Å². The summed E-state index contributed by atoms with van der Waals surface area (Å²) >= 11 is 0. The van der Waals surface area contributed by atoms with Gasteiger partial charge < -0.3 is 0 Å². The maximum atomic E-state index is 11.4. The summed E-state index contributed by atoms with van der Waals surface area (Å²) in [7, 11) is 0. The summed E-state index contributed by atoms with van der Waals surface area (Å²) < 4.78 is 0. The van der Waals surface area contributed by atoms with Crippen LogP contribution < -0.4 is 0 Å². The minimum Gasteiger partial charge on any atom is -0.300 e. The van der Waals surface area contributed by atoms with Gasteiger partial charge in [0.2, 0.25) is 0 Å². The van der Waals surface area contributed by atoms with Crippen molar-refractivity contribution in [2.45, 2.75) is 46.0 Å². The van der Waals surface area contributed by atoms with Crippen LogP contribution in [0.2, 0.25) is 0 Å². The van der Waals surface area contributed by atoms with Crippen LogP contribution in [0.15, 0.2) is 0 Å². The molecule has 0 aliphatic heterocycles. The van der Waals surface area contributed by atoms with E-state index in [2.05, 4.69) is 0 Å². The molecule has 1 rings (SSSR count). The number of ketones is 2. The number of carbonyl (C=O) groups is 2. The lowest BCUT2D eigenvalue weighted by atomic mass is 9.95. The average Bonchev–Trinajstić information content (AvgIpc) is 2.34. The molecule has 0 aromatic rings. The predicted molar refractivity (Wildman–Crippen MR) is 51.4 cm³/mol. The molecular formula is C11H18O2. The van der Waals surface area contributed by atoms with Crippen molar-refractivity contribution in [3.63, 3.8) is 0 Å². The molecule has 0 heterocycles. The molecule has 0 saturated heterocycles. The van der Waals surface area contributed by atoms with Gasteiger partial charge in [-0.25, -0.2) is 0 Å². The molecular weight excluding hydrogens is 164 g/mol. The first-order valence-electron chi connectivity index (χ1n) is 5.14. The zero-order valence-corrected chi connectivity index (χ0v) is 8.51. The van der Waals surface area contributed by atoms with Gasteiger partial charge in [0.15, 0.2) is 0 Å². The number of hydrogen-bond acceptors (Lipinski definition) is 2. The summed E-state index contributed by atoms with van der Waals surface area (Å²) in [4.78, 5) is 22.6. The normalized spacial score (nSPS) is 22.7. The Morgan fingerprint density at radius 1 is 1.54 bits per heavy atom. The molecule has 2 heteroatoms. The fourth-order valence-corrected chi connectivity index (χ4v) is 1.92. The summed E-state index contributed by atoms with van der Waals surface area (Å²) in [5, 5.41) is 0. The van der Waals surface area contributed by atoms with Crippen LogP contribution in [0, 0.1) is 11.8 Å². The zero-order valence-electron chi connectivity index (χ0n) is 8.51. The summed E-state index contributed by atoms with van der Waals surface area (Å²) in [6, 6.07) is 0. The Morgan fingerprint density at radius 3 is 2.69 bits per heavy atom. The highest BCUT2D eigenvalue weighted by Gasteiger charge is 2.26. The summed E-state index contributed by atoms with van der Waals surface area (Å²) in [5.74, 6) is 1.04. The molecule has 74 valence electrons. The van der Waals surface area contributed by atoms with Crippen molar-refractivity contribution < 1.29 is 9.59 Å². The van der Waals surface area contributed by atoms with Crippen LogP contribution >= 0.6 is 0 Å². The van der Waals surface area contributed by atoms with Crippen molar-refractivity contribution in [2.24, 2.45) is 11.8 Å². The molecule has 1 aliphatic carbocycles. The van der Waals surface area contributed by atoms with Crippen LogP contribution in [-0.2, 0) is 9.59 Å². The van der Waals surface area contributed by atoms with Crippen molar-refractivity contribution in [1.29, 1.82) is 0 Å². The van der Waals surface area contributed by atoms with Crippen molar-refractivity contribution in [3.05, 3.63) is 0 Å². The topological polar surface area (TPSA) is 34.1 Å². The molecule has 13 heavy (non-hydrogen) atoms. The monoisotopic (exact) mass is 182 g/mol. The standard InChI is InChI=1S/C11H18O2/c1-8(2)6-10(12)7-9-4-3-5-11(9)13/h8-9H,3-7H2,1-2H3. The minimum absolute atomic E-state index is 0.0613. The molecule has 0 aromatic heterocycles. The van der Waals surface area contributed by atoms with Crippen LogP contribution in [0.3, 0.4) is 0 Å². The molecule has 1 unspecified atom stereocenters. The Labute approximate surface area is 79.7 Å². The molecule has 0 amide bonds. The van der Waals surface area contributed by atoms with E-state index >= 15 is 0 Å². The van der Waals surface area contributed by atoms with Crippen LogP contribution in [0.5, 0.6) is 0 Å². The van der Waals surface area contributed by atoms with Gasteiger partial charge in [-0.05, 0) is 18.8 Å². The smallest absolute Gasteiger partial charge is 0.136 e. The van der Waals surface area contributed by atoms with Gasteiger partial charge in [-0.1, -0.05) is 13.8 Å². The number of Topliss-reactive ketones (excluding diaryl/α,β-unsaturated/α-hetero) is 2. The van der Waals surface area contributed by atoms with E-state index in [-0.39, 0.29) is 11.7 Å². The largest absolute Gasteiger partial charge is 0.300 e. The van der Waals surface area contributed by atoms with Gasteiger partial charge in [-0.3, -0.25) is 9.59 Å². The Hall–Kier alpha value is -0.660. The maximum Gasteiger partial charge on any atom is 0.136 e. The van der Waals surface area contributed by atoms with Gasteiger partial charge in [0.05, 0.1) is 0 Å². The first-order chi connectivity index (χ1) is 6.09. The fraction of sp³-hybridized carbons (Fsp3) is 0.818. The predicted octanol–water partition coefficient (Wildman–Crippen LogP) is 2.36. The fourth-order valence-electron chi connectivity index (χ4n) is 1.92. The lowest BCUT2D eigenvalue weighted by Gasteiger charge is -2.07. The van der Waals surface area contributed by atoms with E-state index in [1.807, 2.05) is 13.8 Å². The SMILES string of the molecule is CC(C)CC(=O)CC1CCCC1=O. The second-order valence-corrected chi connectivity index (χ2v) is 4.40. The maximum absolute atomic E-state index is 11.4. The third kappa shape index (κ3) is 3.29. The highest BCUT2D eigenvalue weighted by atomic mass is 16.1. The summed E-state index contributed by atoms with van der Waals surface area (Å²) in [6.07, 6.45) is 3.74. The molecule has 1 atom stereocenters. The highest BCUT2D eigenvalue weighted by Crippen LogP contribution is 2.25. The van der Waals surface area contributed by atoms with Crippen molar-refractivity contribution in [2.75, 3.05) is 0 Å². The minimum atomic E-state index is 0.0613. The Bertz CT molecular complexity index is 206. The van der Waals surface area contributed by atoms with Crippen LogP contribution in [0.25, 0.3) is 0 Å². The van der Waals surface area contributed by atoms with Gasteiger partial charge in [0, 0.05) is 25.2 Å². The molecule has 0 spiro atoms. The van der Waals surface area contributed by atoms with Gasteiger partial charge in [0.1, 0.15) is 11.6 Å². The molecule has 1 aliphatic rings. The van der Waals surface area contributed by atoms with E-state index in [4.69, 9.17) is 0 Å². The van der Waals surface area contributed by atoms with E-state index in [9.17, 15) is 9.59 Å². The van der Waals surface area contributed by atoms with E-state index in [1.165, 1.54) is 0 Å². The molecule has 0 N–H and O–H groups in total. The molecule has 2 nitrogen and oxygen atoms in total. The number of hydrogen-bond donors (Lipinski definition) is 0. The second kappa shape index (κ2) is 4.54. The number of rotatable bonds is 4. The van der Waals surface area contributed by atoms with E-state index < -0.39 is 0 Å². The lowest BCUT2D eigenvalue weighted by Crippen LogP contribution is -2.13. The zero-order chi connectivity index (χ0) is 9.84. The molecule has 0 radical (unpaired) electrons. The molecule has 0 aromatic carbocycles. The van der Waals surface area contributed by atoms with Crippen LogP contribution in [0.4, 0.5) is 0 Å². The third-order valence-corrected chi connectivity index (χ3v) is 2.54.